The highest BCUT2D eigenvalue weighted by Gasteiger charge is 2.26. The lowest BCUT2D eigenvalue weighted by molar-refractivity contribution is -0.415. The number of anilines is 1. The van der Waals surface area contributed by atoms with Crippen LogP contribution < -0.4 is 10.5 Å². The predicted molar refractivity (Wildman–Crippen MR) is 173 cm³/mol. The molecule has 0 radical (unpaired) electrons. The second kappa shape index (κ2) is 11.7. The van der Waals surface area contributed by atoms with Gasteiger partial charge in [-0.3, -0.25) is 25.3 Å². The van der Waals surface area contributed by atoms with E-state index in [1.165, 1.54) is 5.56 Å². The minimum Gasteiger partial charge on any atom is -0.294 e. The third-order valence-electron chi connectivity index (χ3n) is 7.31. The lowest BCUT2D eigenvalue weighted by Crippen LogP contribution is -2.79. The fraction of sp³-hybridized carbons (Fsp3) is 0.111. The Hall–Kier alpha value is -5.56. The summed E-state index contributed by atoms with van der Waals surface area (Å²) >= 11 is 0. The molecule has 0 fully saturated rings. The van der Waals surface area contributed by atoms with Gasteiger partial charge >= 0.3 is 0 Å². The van der Waals surface area contributed by atoms with Gasteiger partial charge in [-0.1, -0.05) is 45.0 Å². The number of hydrogen-bond acceptors (Lipinski definition) is 6. The molecule has 0 bridgehead atoms. The smallest absolute Gasteiger partial charge is 0.259 e. The highest BCUT2D eigenvalue weighted by atomic mass is 15.3. The van der Waals surface area contributed by atoms with Crippen LogP contribution >= 0.6 is 0 Å². The van der Waals surface area contributed by atoms with Crippen molar-refractivity contribution in [1.82, 2.24) is 19.9 Å². The normalized spacial score (nSPS) is 14.3. The maximum atomic E-state index is 9.03. The molecule has 1 aromatic carbocycles. The van der Waals surface area contributed by atoms with Crippen LogP contribution in [0, 0.1) is 5.41 Å². The summed E-state index contributed by atoms with van der Waals surface area (Å²) in [7, 11) is 0. The molecule has 0 spiro atoms. The predicted octanol–water partition coefficient (Wildman–Crippen LogP) is 5.95. The molecule has 0 unspecified atom stereocenters. The number of nitrogens with zero attached hydrogens (tertiary/aromatic N) is 4. The van der Waals surface area contributed by atoms with Gasteiger partial charge in [0.1, 0.15) is 5.71 Å². The van der Waals surface area contributed by atoms with Gasteiger partial charge in [-0.15, -0.1) is 5.10 Å². The SMILES string of the molecule is CC(C)(C)c1ccc(N[NH+]=C2C(=N)C=C(c3ccc(-c4cccnc4)nc3)C=C2c2ccc(-c3cccnc3)nc2)cc1. The number of allylic oxidation sites excluding steroid dienone is 4. The minimum atomic E-state index is 0.0727. The van der Waals surface area contributed by atoms with E-state index in [-0.39, 0.29) is 5.41 Å². The number of nitrogens with one attached hydrogen (secondary N) is 3. The Balaban J connectivity index is 1.35. The van der Waals surface area contributed by atoms with E-state index in [1.54, 1.807) is 24.8 Å². The van der Waals surface area contributed by atoms with E-state index < -0.39 is 0 Å². The molecule has 1 aliphatic carbocycles. The van der Waals surface area contributed by atoms with Crippen LogP contribution in [0.1, 0.15) is 37.5 Å². The van der Waals surface area contributed by atoms with Gasteiger partial charge in [0.15, 0.2) is 0 Å². The summed E-state index contributed by atoms with van der Waals surface area (Å²) < 4.78 is 0. The quantitative estimate of drug-likeness (QED) is 0.175. The first kappa shape index (κ1) is 27.6. The Kier molecular flexibility index (Phi) is 7.54. The minimum absolute atomic E-state index is 0.0727. The molecule has 4 heterocycles. The fourth-order valence-corrected chi connectivity index (χ4v) is 4.85. The van der Waals surface area contributed by atoms with Crippen LogP contribution in [0.5, 0.6) is 0 Å². The van der Waals surface area contributed by atoms with E-state index in [9.17, 15) is 0 Å². The summed E-state index contributed by atoms with van der Waals surface area (Å²) in [5.74, 6) is 0. The molecule has 4 aromatic heterocycles. The van der Waals surface area contributed by atoms with Crippen LogP contribution in [0.4, 0.5) is 5.69 Å². The van der Waals surface area contributed by atoms with Crippen LogP contribution in [0.25, 0.3) is 33.7 Å². The Morgan fingerprint density at radius 2 is 1.26 bits per heavy atom. The molecule has 7 nitrogen and oxygen atoms in total. The van der Waals surface area contributed by atoms with E-state index >= 15 is 0 Å². The highest BCUT2D eigenvalue weighted by molar-refractivity contribution is 6.60. The Labute approximate surface area is 251 Å². The summed E-state index contributed by atoms with van der Waals surface area (Å²) in [5.41, 5.74) is 13.7. The van der Waals surface area contributed by atoms with Crippen molar-refractivity contribution in [3.05, 3.63) is 139 Å². The fourth-order valence-electron chi connectivity index (χ4n) is 4.85. The van der Waals surface area contributed by atoms with Gasteiger partial charge in [0.25, 0.3) is 5.71 Å². The number of benzene rings is 1. The van der Waals surface area contributed by atoms with Crippen molar-refractivity contribution in [2.24, 2.45) is 0 Å². The molecule has 0 saturated heterocycles. The van der Waals surface area contributed by atoms with Gasteiger partial charge in [0.05, 0.1) is 22.6 Å². The maximum absolute atomic E-state index is 9.03. The molecular weight excluding hydrogens is 530 g/mol. The summed E-state index contributed by atoms with van der Waals surface area (Å²) in [6.45, 7) is 6.59. The van der Waals surface area contributed by atoms with Crippen molar-refractivity contribution >= 4 is 28.3 Å². The summed E-state index contributed by atoms with van der Waals surface area (Å²) in [6, 6.07) is 24.1. The van der Waals surface area contributed by atoms with Gasteiger partial charge in [-0.2, -0.15) is 5.43 Å². The zero-order chi connectivity index (χ0) is 29.8. The maximum Gasteiger partial charge on any atom is 0.259 e. The van der Waals surface area contributed by atoms with E-state index in [0.29, 0.717) is 11.4 Å². The number of pyridine rings is 4. The molecule has 0 aliphatic heterocycles. The summed E-state index contributed by atoms with van der Waals surface area (Å²) in [6.07, 6.45) is 14.7. The van der Waals surface area contributed by atoms with Gasteiger partial charge in [0.2, 0.25) is 0 Å². The summed E-state index contributed by atoms with van der Waals surface area (Å²) in [5, 5.41) is 12.3. The molecule has 1 aliphatic rings. The highest BCUT2D eigenvalue weighted by Crippen LogP contribution is 2.29. The van der Waals surface area contributed by atoms with E-state index in [0.717, 1.165) is 50.5 Å². The zero-order valence-corrected chi connectivity index (χ0v) is 24.3. The lowest BCUT2D eigenvalue weighted by Gasteiger charge is -2.18. The van der Waals surface area contributed by atoms with E-state index in [4.69, 9.17) is 10.4 Å². The second-order valence-electron chi connectivity index (χ2n) is 11.4. The van der Waals surface area contributed by atoms with Crippen molar-refractivity contribution in [2.45, 2.75) is 26.2 Å². The second-order valence-corrected chi connectivity index (χ2v) is 11.4. The number of hydrogen-bond donors (Lipinski definition) is 3. The van der Waals surface area contributed by atoms with Gasteiger partial charge in [0, 0.05) is 59.4 Å². The van der Waals surface area contributed by atoms with Gasteiger partial charge in [-0.25, -0.2) is 0 Å². The molecule has 7 heteroatoms. The first-order valence-electron chi connectivity index (χ1n) is 14.1. The Morgan fingerprint density at radius 3 is 1.77 bits per heavy atom. The molecule has 0 amide bonds. The van der Waals surface area contributed by atoms with Crippen LogP contribution in [0.15, 0.2) is 122 Å². The standard InChI is InChI=1S/C36H31N7/c1-36(2,3)29-10-12-30(13-11-29)42-43-35-31(25-9-15-34(41-23-25)27-7-5-17-39-21-27)18-28(19-32(35)37)24-8-14-33(40-22-24)26-6-4-16-38-20-26/h4-23,37,42H,1-3H3/p+1. The van der Waals surface area contributed by atoms with E-state index in [2.05, 4.69) is 64.5 Å². The van der Waals surface area contributed by atoms with Gasteiger partial charge < -0.3 is 0 Å². The monoisotopic (exact) mass is 562 g/mol. The van der Waals surface area contributed by atoms with Crippen molar-refractivity contribution in [3.63, 3.8) is 0 Å². The first-order chi connectivity index (χ1) is 20.8. The zero-order valence-electron chi connectivity index (χ0n) is 24.3. The van der Waals surface area contributed by atoms with Crippen LogP contribution in [-0.2, 0) is 5.41 Å². The van der Waals surface area contributed by atoms with Gasteiger partial charge in [-0.05, 0) is 77.2 Å². The number of hydrazone groups is 1. The Bertz CT molecular complexity index is 1830. The van der Waals surface area contributed by atoms with Crippen molar-refractivity contribution in [2.75, 3.05) is 5.43 Å². The van der Waals surface area contributed by atoms with Crippen molar-refractivity contribution in [3.8, 4) is 22.5 Å². The third-order valence-corrected chi connectivity index (χ3v) is 7.31. The largest absolute Gasteiger partial charge is 0.294 e. The average Bonchev–Trinajstić information content (AvgIpc) is 3.05. The van der Waals surface area contributed by atoms with Crippen LogP contribution in [0.2, 0.25) is 0 Å². The van der Waals surface area contributed by atoms with Crippen LogP contribution in [-0.4, -0.2) is 31.4 Å². The first-order valence-corrected chi connectivity index (χ1v) is 14.1. The number of aromatic nitrogens is 4. The number of rotatable bonds is 6. The summed E-state index contributed by atoms with van der Waals surface area (Å²) in [4.78, 5) is 17.8. The molecular formula is C36H32N7+. The van der Waals surface area contributed by atoms with Crippen LogP contribution in [0.3, 0.4) is 0 Å². The molecule has 5 aromatic rings. The van der Waals surface area contributed by atoms with Crippen molar-refractivity contribution in [1.29, 1.82) is 5.41 Å². The average molecular weight is 563 g/mol. The Morgan fingerprint density at radius 1 is 0.651 bits per heavy atom. The molecule has 6 rings (SSSR count). The number of hydrazine groups is 1. The van der Waals surface area contributed by atoms with Crippen molar-refractivity contribution < 1.29 is 5.10 Å². The molecule has 3 N–H and O–H groups in total. The third kappa shape index (κ3) is 6.21. The molecule has 0 saturated carbocycles. The molecule has 43 heavy (non-hydrogen) atoms. The lowest BCUT2D eigenvalue weighted by atomic mass is 9.87. The molecule has 210 valence electrons. The van der Waals surface area contributed by atoms with E-state index in [1.807, 2.05) is 79.1 Å². The molecule has 0 atom stereocenters. The topological polar surface area (TPSA) is 101 Å².